The van der Waals surface area contributed by atoms with Crippen LogP contribution in [0, 0.1) is 6.92 Å². The summed E-state index contributed by atoms with van der Waals surface area (Å²) in [5, 5.41) is 8.73. The lowest BCUT2D eigenvalue weighted by molar-refractivity contribution is 0.0949. The Bertz CT molecular complexity index is 311. The molecule has 0 radical (unpaired) electrons. The van der Waals surface area contributed by atoms with E-state index < -0.39 is 0 Å². The fourth-order valence-electron chi connectivity index (χ4n) is 1.12. The molecule has 1 rings (SSSR count). The van der Waals surface area contributed by atoms with Crippen molar-refractivity contribution in [3.05, 3.63) is 16.1 Å². The third-order valence-electron chi connectivity index (χ3n) is 1.87. The van der Waals surface area contributed by atoms with Crippen molar-refractivity contribution in [3.63, 3.8) is 0 Å². The van der Waals surface area contributed by atoms with Crippen molar-refractivity contribution in [1.29, 1.82) is 0 Å². The van der Waals surface area contributed by atoms with E-state index in [2.05, 4.69) is 22.5 Å². The molecule has 0 atom stereocenters. The van der Waals surface area contributed by atoms with E-state index in [0.717, 1.165) is 24.5 Å². The first-order chi connectivity index (χ1) is 7.24. The average molecular weight is 227 g/mol. The maximum Gasteiger partial charge on any atom is 0.270 e. The molecule has 1 aromatic heterocycles. The lowest BCUT2D eigenvalue weighted by Gasteiger charge is -2.03. The molecule has 4 nitrogen and oxygen atoms in total. The first-order valence-corrected chi connectivity index (χ1v) is 6.03. The van der Waals surface area contributed by atoms with Gasteiger partial charge in [0.25, 0.3) is 5.91 Å². The summed E-state index contributed by atoms with van der Waals surface area (Å²) in [7, 11) is 0. The van der Waals surface area contributed by atoms with Crippen molar-refractivity contribution in [2.45, 2.75) is 20.3 Å². The smallest absolute Gasteiger partial charge is 0.270 e. The number of rotatable bonds is 6. The van der Waals surface area contributed by atoms with Gasteiger partial charge in [0, 0.05) is 18.5 Å². The first-order valence-electron chi connectivity index (χ1n) is 5.15. The Kier molecular flexibility index (Phi) is 5.28. The zero-order valence-corrected chi connectivity index (χ0v) is 9.99. The van der Waals surface area contributed by atoms with Crippen LogP contribution in [0.2, 0.25) is 0 Å². The number of carbonyl (C=O) groups excluding carboxylic acids is 1. The predicted molar refractivity (Wildman–Crippen MR) is 62.3 cm³/mol. The van der Waals surface area contributed by atoms with Crippen molar-refractivity contribution in [1.82, 2.24) is 15.6 Å². The molecule has 0 aromatic carbocycles. The standard InChI is InChI=1S/C10H17N3OS/c1-3-4-11-5-6-12-10(14)9-7-15-8(2)13-9/h7,11H,3-6H2,1-2H3,(H,12,14). The van der Waals surface area contributed by atoms with Gasteiger partial charge in [0.05, 0.1) is 5.01 Å². The second-order valence-corrected chi connectivity index (χ2v) is 4.32. The van der Waals surface area contributed by atoms with Crippen molar-refractivity contribution < 1.29 is 4.79 Å². The molecule has 1 amide bonds. The summed E-state index contributed by atoms with van der Waals surface area (Å²) < 4.78 is 0. The molecule has 0 saturated carbocycles. The molecule has 2 N–H and O–H groups in total. The minimum atomic E-state index is -0.0855. The van der Waals surface area contributed by atoms with E-state index in [1.54, 1.807) is 5.38 Å². The van der Waals surface area contributed by atoms with Crippen LogP contribution in [0.15, 0.2) is 5.38 Å². The Balaban J connectivity index is 2.19. The summed E-state index contributed by atoms with van der Waals surface area (Å²) in [4.78, 5) is 15.6. The summed E-state index contributed by atoms with van der Waals surface area (Å²) >= 11 is 1.49. The quantitative estimate of drug-likeness (QED) is 0.718. The number of nitrogens with one attached hydrogen (secondary N) is 2. The molecule has 0 spiro atoms. The van der Waals surface area contributed by atoms with Gasteiger partial charge >= 0.3 is 0 Å². The van der Waals surface area contributed by atoms with Gasteiger partial charge in [-0.1, -0.05) is 6.92 Å². The van der Waals surface area contributed by atoms with Gasteiger partial charge < -0.3 is 10.6 Å². The number of amides is 1. The topological polar surface area (TPSA) is 54.0 Å². The number of aromatic nitrogens is 1. The second-order valence-electron chi connectivity index (χ2n) is 3.26. The summed E-state index contributed by atoms with van der Waals surface area (Å²) in [6.07, 6.45) is 1.11. The highest BCUT2D eigenvalue weighted by Crippen LogP contribution is 2.07. The van der Waals surface area contributed by atoms with Gasteiger partial charge in [0.15, 0.2) is 0 Å². The van der Waals surface area contributed by atoms with E-state index in [1.165, 1.54) is 11.3 Å². The molecule has 0 unspecified atom stereocenters. The van der Waals surface area contributed by atoms with Crippen LogP contribution in [0.4, 0.5) is 0 Å². The molecule has 5 heteroatoms. The lowest BCUT2D eigenvalue weighted by Crippen LogP contribution is -2.32. The highest BCUT2D eigenvalue weighted by Gasteiger charge is 2.07. The van der Waals surface area contributed by atoms with Crippen molar-refractivity contribution in [2.24, 2.45) is 0 Å². The average Bonchev–Trinajstić information content (AvgIpc) is 2.64. The van der Waals surface area contributed by atoms with Gasteiger partial charge in [0.2, 0.25) is 0 Å². The Morgan fingerprint density at radius 1 is 1.47 bits per heavy atom. The van der Waals surface area contributed by atoms with Crippen molar-refractivity contribution in [3.8, 4) is 0 Å². The maximum absolute atomic E-state index is 11.5. The molecule has 0 aliphatic heterocycles. The largest absolute Gasteiger partial charge is 0.349 e. The summed E-state index contributed by atoms with van der Waals surface area (Å²) in [6.45, 7) is 6.46. The number of hydrogen-bond donors (Lipinski definition) is 2. The molecule has 1 heterocycles. The summed E-state index contributed by atoms with van der Waals surface area (Å²) in [5.74, 6) is -0.0855. The maximum atomic E-state index is 11.5. The molecule has 0 fully saturated rings. The highest BCUT2D eigenvalue weighted by atomic mass is 32.1. The van der Waals surface area contributed by atoms with Gasteiger partial charge in [-0.15, -0.1) is 11.3 Å². The van der Waals surface area contributed by atoms with E-state index in [1.807, 2.05) is 6.92 Å². The zero-order chi connectivity index (χ0) is 11.1. The SMILES string of the molecule is CCCNCCNC(=O)c1csc(C)n1. The normalized spacial score (nSPS) is 10.3. The minimum Gasteiger partial charge on any atom is -0.349 e. The monoisotopic (exact) mass is 227 g/mol. The zero-order valence-electron chi connectivity index (χ0n) is 9.17. The van der Waals surface area contributed by atoms with Crippen LogP contribution in [0.3, 0.4) is 0 Å². The van der Waals surface area contributed by atoms with Crippen molar-refractivity contribution in [2.75, 3.05) is 19.6 Å². The predicted octanol–water partition coefficient (Wildman–Crippen LogP) is 1.18. The first kappa shape index (κ1) is 12.1. The van der Waals surface area contributed by atoms with E-state index in [0.29, 0.717) is 12.2 Å². The van der Waals surface area contributed by atoms with Gasteiger partial charge in [-0.2, -0.15) is 0 Å². The summed E-state index contributed by atoms with van der Waals surface area (Å²) in [5.41, 5.74) is 0.521. The number of hydrogen-bond acceptors (Lipinski definition) is 4. The van der Waals surface area contributed by atoms with Crippen LogP contribution in [-0.4, -0.2) is 30.5 Å². The number of thiazole rings is 1. The number of carbonyl (C=O) groups is 1. The molecule has 15 heavy (non-hydrogen) atoms. The Labute approximate surface area is 94.1 Å². The third kappa shape index (κ3) is 4.40. The van der Waals surface area contributed by atoms with Crippen LogP contribution in [0.1, 0.15) is 28.8 Å². The molecule has 84 valence electrons. The Morgan fingerprint density at radius 2 is 2.27 bits per heavy atom. The number of aryl methyl sites for hydroxylation is 1. The number of nitrogens with zero attached hydrogens (tertiary/aromatic N) is 1. The molecular weight excluding hydrogens is 210 g/mol. The van der Waals surface area contributed by atoms with Crippen LogP contribution < -0.4 is 10.6 Å². The Morgan fingerprint density at radius 3 is 2.87 bits per heavy atom. The van der Waals surface area contributed by atoms with Gasteiger partial charge in [-0.05, 0) is 19.9 Å². The second kappa shape index (κ2) is 6.53. The molecular formula is C10H17N3OS. The van der Waals surface area contributed by atoms with E-state index in [9.17, 15) is 4.79 Å². The van der Waals surface area contributed by atoms with Crippen LogP contribution >= 0.6 is 11.3 Å². The van der Waals surface area contributed by atoms with E-state index >= 15 is 0 Å². The van der Waals surface area contributed by atoms with Crippen LogP contribution in [0.25, 0.3) is 0 Å². The molecule has 1 aromatic rings. The fraction of sp³-hybridized carbons (Fsp3) is 0.600. The van der Waals surface area contributed by atoms with E-state index in [-0.39, 0.29) is 5.91 Å². The Hall–Kier alpha value is -0.940. The van der Waals surface area contributed by atoms with Crippen molar-refractivity contribution >= 4 is 17.2 Å². The molecule has 0 saturated heterocycles. The summed E-state index contributed by atoms with van der Waals surface area (Å²) in [6, 6.07) is 0. The highest BCUT2D eigenvalue weighted by molar-refractivity contribution is 7.09. The van der Waals surface area contributed by atoms with Gasteiger partial charge in [-0.3, -0.25) is 4.79 Å². The van der Waals surface area contributed by atoms with E-state index in [4.69, 9.17) is 0 Å². The van der Waals surface area contributed by atoms with Gasteiger partial charge in [-0.25, -0.2) is 4.98 Å². The molecule has 0 aliphatic carbocycles. The van der Waals surface area contributed by atoms with Crippen LogP contribution in [0.5, 0.6) is 0 Å². The molecule has 0 aliphatic rings. The molecule has 0 bridgehead atoms. The van der Waals surface area contributed by atoms with Crippen LogP contribution in [-0.2, 0) is 0 Å². The lowest BCUT2D eigenvalue weighted by atomic mass is 10.4. The minimum absolute atomic E-state index is 0.0855. The third-order valence-corrected chi connectivity index (χ3v) is 2.64. The fourth-order valence-corrected chi connectivity index (χ4v) is 1.72. The van der Waals surface area contributed by atoms with Gasteiger partial charge in [0.1, 0.15) is 5.69 Å².